The van der Waals surface area contributed by atoms with Crippen molar-refractivity contribution in [3.63, 3.8) is 0 Å². The van der Waals surface area contributed by atoms with Crippen molar-refractivity contribution in [2.45, 2.75) is 32.1 Å². The molecule has 3 heteroatoms. The molecular formula is C16H18ClNO. The third-order valence-electron chi connectivity index (χ3n) is 3.21. The van der Waals surface area contributed by atoms with Crippen LogP contribution in [0.3, 0.4) is 0 Å². The second-order valence-corrected chi connectivity index (χ2v) is 4.88. The van der Waals surface area contributed by atoms with Crippen molar-refractivity contribution in [1.29, 1.82) is 0 Å². The number of para-hydroxylation sites is 1. The largest absolute Gasteiger partial charge is 0.455 e. The van der Waals surface area contributed by atoms with Crippen LogP contribution in [0.15, 0.2) is 42.7 Å². The molecule has 0 N–H and O–H groups in total. The smallest absolute Gasteiger partial charge is 0.146 e. The summed E-state index contributed by atoms with van der Waals surface area (Å²) in [5.41, 5.74) is 2.18. The molecule has 0 aliphatic carbocycles. The van der Waals surface area contributed by atoms with E-state index in [0.717, 1.165) is 23.5 Å². The molecule has 0 bridgehead atoms. The normalized spacial score (nSPS) is 12.2. The maximum absolute atomic E-state index is 5.95. The number of halogens is 1. The molecule has 0 fully saturated rings. The third kappa shape index (κ3) is 3.48. The lowest BCUT2D eigenvalue weighted by Crippen LogP contribution is -1.96. The van der Waals surface area contributed by atoms with Gasteiger partial charge in [0.2, 0.25) is 0 Å². The van der Waals surface area contributed by atoms with Gasteiger partial charge in [-0.1, -0.05) is 32.0 Å². The van der Waals surface area contributed by atoms with E-state index in [0.29, 0.717) is 11.8 Å². The minimum Gasteiger partial charge on any atom is -0.455 e. The minimum atomic E-state index is 0.442. The third-order valence-corrected chi connectivity index (χ3v) is 3.52. The van der Waals surface area contributed by atoms with Crippen LogP contribution >= 0.6 is 11.6 Å². The van der Waals surface area contributed by atoms with Gasteiger partial charge in [-0.15, -0.1) is 11.6 Å². The maximum atomic E-state index is 5.95. The summed E-state index contributed by atoms with van der Waals surface area (Å²) in [7, 11) is 0. The maximum Gasteiger partial charge on any atom is 0.146 e. The van der Waals surface area contributed by atoms with Gasteiger partial charge in [-0.25, -0.2) is 0 Å². The summed E-state index contributed by atoms with van der Waals surface area (Å²) in [6, 6.07) is 10.1. The highest BCUT2D eigenvalue weighted by molar-refractivity contribution is 6.17. The van der Waals surface area contributed by atoms with Crippen molar-refractivity contribution in [3.05, 3.63) is 53.9 Å². The second-order valence-electron chi connectivity index (χ2n) is 4.61. The van der Waals surface area contributed by atoms with Crippen LogP contribution in [0.25, 0.3) is 0 Å². The van der Waals surface area contributed by atoms with E-state index in [-0.39, 0.29) is 0 Å². The van der Waals surface area contributed by atoms with Crippen LogP contribution in [0.1, 0.15) is 37.3 Å². The first-order valence-corrected chi connectivity index (χ1v) is 7.04. The van der Waals surface area contributed by atoms with Gasteiger partial charge in [0, 0.05) is 12.1 Å². The van der Waals surface area contributed by atoms with E-state index >= 15 is 0 Å². The summed E-state index contributed by atoms with van der Waals surface area (Å²) in [4.78, 5) is 4.14. The molecule has 0 spiro atoms. The molecule has 100 valence electrons. The lowest BCUT2D eigenvalue weighted by molar-refractivity contribution is 0.467. The van der Waals surface area contributed by atoms with Crippen molar-refractivity contribution in [3.8, 4) is 11.5 Å². The summed E-state index contributed by atoms with van der Waals surface area (Å²) in [6.07, 6.45) is 4.55. The molecule has 0 radical (unpaired) electrons. The molecule has 1 unspecified atom stereocenters. The lowest BCUT2D eigenvalue weighted by atomic mass is 9.98. The number of hydrogen-bond acceptors (Lipinski definition) is 2. The van der Waals surface area contributed by atoms with Crippen molar-refractivity contribution in [2.24, 2.45) is 0 Å². The topological polar surface area (TPSA) is 22.1 Å². The number of ether oxygens (including phenoxy) is 1. The molecule has 19 heavy (non-hydrogen) atoms. The molecule has 0 saturated heterocycles. The minimum absolute atomic E-state index is 0.442. The van der Waals surface area contributed by atoms with Crippen LogP contribution in [-0.2, 0) is 5.88 Å². The average Bonchev–Trinajstić information content (AvgIpc) is 2.47. The van der Waals surface area contributed by atoms with Gasteiger partial charge in [0.1, 0.15) is 11.5 Å². The number of pyridine rings is 1. The van der Waals surface area contributed by atoms with E-state index < -0.39 is 0 Å². The fourth-order valence-electron chi connectivity index (χ4n) is 1.92. The summed E-state index contributed by atoms with van der Waals surface area (Å²) >= 11 is 5.81. The molecule has 2 aromatic rings. The molecule has 1 aromatic heterocycles. The Morgan fingerprint density at radius 3 is 2.79 bits per heavy atom. The van der Waals surface area contributed by atoms with Gasteiger partial charge in [0.25, 0.3) is 0 Å². The van der Waals surface area contributed by atoms with Gasteiger partial charge < -0.3 is 4.74 Å². The van der Waals surface area contributed by atoms with Gasteiger partial charge in [0.05, 0.1) is 6.20 Å². The van der Waals surface area contributed by atoms with Crippen LogP contribution in [0.2, 0.25) is 0 Å². The molecule has 0 aliphatic rings. The highest BCUT2D eigenvalue weighted by Gasteiger charge is 2.10. The number of aromatic nitrogens is 1. The van der Waals surface area contributed by atoms with E-state index in [1.54, 1.807) is 12.4 Å². The molecule has 1 heterocycles. The fraction of sp³-hybridized carbons (Fsp3) is 0.312. The Bertz CT molecular complexity index is 542. The van der Waals surface area contributed by atoms with E-state index in [2.05, 4.69) is 24.9 Å². The predicted molar refractivity (Wildman–Crippen MR) is 79.0 cm³/mol. The molecule has 1 atom stereocenters. The monoisotopic (exact) mass is 275 g/mol. The van der Waals surface area contributed by atoms with Crippen LogP contribution in [-0.4, -0.2) is 4.98 Å². The van der Waals surface area contributed by atoms with Gasteiger partial charge in [0.15, 0.2) is 0 Å². The van der Waals surface area contributed by atoms with Crippen molar-refractivity contribution >= 4 is 11.6 Å². The van der Waals surface area contributed by atoms with Gasteiger partial charge in [-0.2, -0.15) is 0 Å². The summed E-state index contributed by atoms with van der Waals surface area (Å²) < 4.78 is 5.95. The summed E-state index contributed by atoms with van der Waals surface area (Å²) in [6.45, 7) is 4.38. The predicted octanol–water partition coefficient (Wildman–Crippen LogP) is 5.13. The highest BCUT2D eigenvalue weighted by atomic mass is 35.5. The Hall–Kier alpha value is -1.54. The molecule has 0 aliphatic heterocycles. The zero-order chi connectivity index (χ0) is 13.7. The molecular weight excluding hydrogens is 258 g/mol. The second kappa shape index (κ2) is 6.58. The molecule has 2 rings (SSSR count). The van der Waals surface area contributed by atoms with Gasteiger partial charge >= 0.3 is 0 Å². The summed E-state index contributed by atoms with van der Waals surface area (Å²) in [5.74, 6) is 2.54. The lowest BCUT2D eigenvalue weighted by Gasteiger charge is -2.15. The Kier molecular flexibility index (Phi) is 4.80. The first-order chi connectivity index (χ1) is 9.24. The van der Waals surface area contributed by atoms with Gasteiger partial charge in [-0.05, 0) is 35.6 Å². The van der Waals surface area contributed by atoms with Crippen LogP contribution in [0.4, 0.5) is 0 Å². The number of alkyl halides is 1. The average molecular weight is 276 g/mol. The number of rotatable bonds is 5. The van der Waals surface area contributed by atoms with E-state index in [4.69, 9.17) is 16.3 Å². The molecule has 2 nitrogen and oxygen atoms in total. The van der Waals surface area contributed by atoms with E-state index in [1.165, 1.54) is 5.56 Å². The SMILES string of the molecule is CCC(C)c1ccccc1Oc1cncc(CCl)c1. The first kappa shape index (κ1) is 13.9. The molecule has 0 amide bonds. The molecule has 1 aromatic carbocycles. The van der Waals surface area contributed by atoms with Crippen LogP contribution in [0.5, 0.6) is 11.5 Å². The molecule has 0 saturated carbocycles. The number of nitrogens with zero attached hydrogens (tertiary/aromatic N) is 1. The highest BCUT2D eigenvalue weighted by Crippen LogP contribution is 2.31. The van der Waals surface area contributed by atoms with Crippen LogP contribution < -0.4 is 4.74 Å². The van der Waals surface area contributed by atoms with Crippen LogP contribution in [0, 0.1) is 0 Å². The first-order valence-electron chi connectivity index (χ1n) is 6.51. The zero-order valence-corrected chi connectivity index (χ0v) is 12.0. The Balaban J connectivity index is 2.27. The van der Waals surface area contributed by atoms with Crippen molar-refractivity contribution < 1.29 is 4.74 Å². The van der Waals surface area contributed by atoms with Crippen molar-refractivity contribution in [2.75, 3.05) is 0 Å². The standard InChI is InChI=1S/C16H18ClNO/c1-3-12(2)15-6-4-5-7-16(15)19-14-8-13(9-17)10-18-11-14/h4-8,10-12H,3,9H2,1-2H3. The fourth-order valence-corrected chi connectivity index (χ4v) is 2.07. The number of hydrogen-bond donors (Lipinski definition) is 0. The summed E-state index contributed by atoms with van der Waals surface area (Å²) in [5, 5.41) is 0. The quantitative estimate of drug-likeness (QED) is 0.706. The zero-order valence-electron chi connectivity index (χ0n) is 11.3. The Labute approximate surface area is 119 Å². The Morgan fingerprint density at radius 1 is 1.26 bits per heavy atom. The Morgan fingerprint density at radius 2 is 2.05 bits per heavy atom. The van der Waals surface area contributed by atoms with E-state index in [9.17, 15) is 0 Å². The van der Waals surface area contributed by atoms with E-state index in [1.807, 2.05) is 24.3 Å². The number of benzene rings is 1. The van der Waals surface area contributed by atoms with Crippen molar-refractivity contribution in [1.82, 2.24) is 4.98 Å². The van der Waals surface area contributed by atoms with Gasteiger partial charge in [-0.3, -0.25) is 4.98 Å².